The van der Waals surface area contributed by atoms with Gasteiger partial charge in [-0.1, -0.05) is 18.2 Å². The van der Waals surface area contributed by atoms with E-state index in [2.05, 4.69) is 5.43 Å². The summed E-state index contributed by atoms with van der Waals surface area (Å²) in [7, 11) is 0. The molecule has 68 valence electrons. The van der Waals surface area contributed by atoms with Crippen LogP contribution in [0.4, 0.5) is 5.69 Å². The standard InChI is InChI=1S/C10H12N2O/c1-8-7-10(13)11-12(8)9-5-3-2-4-6-9/h2-6,8H,7H2,1H3,(H,11,13)/t8-/m1/s1. The summed E-state index contributed by atoms with van der Waals surface area (Å²) in [6.07, 6.45) is 0.578. The Bertz CT molecular complexity index is 310. The van der Waals surface area contributed by atoms with Gasteiger partial charge in [-0.3, -0.25) is 15.2 Å². The second-order valence-electron chi connectivity index (χ2n) is 3.29. The Kier molecular flexibility index (Phi) is 1.93. The third-order valence-electron chi connectivity index (χ3n) is 2.20. The van der Waals surface area contributed by atoms with Crippen LogP contribution in [0, 0.1) is 0 Å². The smallest absolute Gasteiger partial charge is 0.240 e. The van der Waals surface area contributed by atoms with Gasteiger partial charge < -0.3 is 0 Å². The normalized spacial score (nSPS) is 21.8. The molecular formula is C10H12N2O. The lowest BCUT2D eigenvalue weighted by Crippen LogP contribution is -2.36. The van der Waals surface area contributed by atoms with Gasteiger partial charge in [0.2, 0.25) is 5.91 Å². The molecule has 2 rings (SSSR count). The molecule has 3 heteroatoms. The van der Waals surface area contributed by atoms with Crippen molar-refractivity contribution in [1.29, 1.82) is 0 Å². The van der Waals surface area contributed by atoms with Gasteiger partial charge in [-0.05, 0) is 19.1 Å². The molecule has 13 heavy (non-hydrogen) atoms. The summed E-state index contributed by atoms with van der Waals surface area (Å²) in [5, 5.41) is 1.91. The van der Waals surface area contributed by atoms with Gasteiger partial charge in [-0.25, -0.2) is 0 Å². The molecule has 1 N–H and O–H groups in total. The van der Waals surface area contributed by atoms with Gasteiger partial charge in [0.25, 0.3) is 0 Å². The number of carbonyl (C=O) groups excluding carboxylic acids is 1. The van der Waals surface area contributed by atoms with Crippen molar-refractivity contribution in [3.8, 4) is 0 Å². The van der Waals surface area contributed by atoms with Gasteiger partial charge in [-0.2, -0.15) is 0 Å². The van der Waals surface area contributed by atoms with Crippen LogP contribution < -0.4 is 10.4 Å². The van der Waals surface area contributed by atoms with E-state index in [4.69, 9.17) is 0 Å². The molecule has 0 unspecified atom stereocenters. The number of para-hydroxylation sites is 1. The summed E-state index contributed by atoms with van der Waals surface area (Å²) in [4.78, 5) is 11.1. The molecule has 0 aromatic heterocycles. The summed E-state index contributed by atoms with van der Waals surface area (Å²) in [5.74, 6) is 0.0938. The largest absolute Gasteiger partial charge is 0.282 e. The number of nitrogens with zero attached hydrogens (tertiary/aromatic N) is 1. The average Bonchev–Trinajstić information content (AvgIpc) is 2.47. The highest BCUT2D eigenvalue weighted by atomic mass is 16.2. The van der Waals surface area contributed by atoms with Crippen molar-refractivity contribution < 1.29 is 4.79 Å². The second kappa shape index (κ2) is 3.09. The van der Waals surface area contributed by atoms with Gasteiger partial charge in [0, 0.05) is 0 Å². The number of rotatable bonds is 1. The lowest BCUT2D eigenvalue weighted by Gasteiger charge is -2.22. The maximum atomic E-state index is 11.1. The predicted octanol–water partition coefficient (Wildman–Crippen LogP) is 1.32. The van der Waals surface area contributed by atoms with E-state index in [-0.39, 0.29) is 11.9 Å². The molecule has 1 saturated heterocycles. The van der Waals surface area contributed by atoms with Crippen molar-refractivity contribution in [1.82, 2.24) is 5.43 Å². The average molecular weight is 176 g/mol. The summed E-state index contributed by atoms with van der Waals surface area (Å²) in [5.41, 5.74) is 3.86. The number of anilines is 1. The Balaban J connectivity index is 2.23. The highest BCUT2D eigenvalue weighted by Gasteiger charge is 2.26. The topological polar surface area (TPSA) is 32.3 Å². The summed E-state index contributed by atoms with van der Waals surface area (Å²) < 4.78 is 0. The summed E-state index contributed by atoms with van der Waals surface area (Å²) >= 11 is 0. The van der Waals surface area contributed by atoms with Gasteiger partial charge in [0.1, 0.15) is 0 Å². The summed E-state index contributed by atoms with van der Waals surface area (Å²) in [6, 6.07) is 10.1. The first-order chi connectivity index (χ1) is 6.27. The van der Waals surface area contributed by atoms with E-state index in [9.17, 15) is 4.79 Å². The van der Waals surface area contributed by atoms with Crippen LogP contribution >= 0.6 is 0 Å². The minimum absolute atomic E-state index is 0.0938. The molecule has 1 aliphatic rings. The molecule has 3 nitrogen and oxygen atoms in total. The van der Waals surface area contributed by atoms with E-state index in [1.807, 2.05) is 42.3 Å². The van der Waals surface area contributed by atoms with Crippen molar-refractivity contribution in [3.05, 3.63) is 30.3 Å². The van der Waals surface area contributed by atoms with Crippen molar-refractivity contribution in [2.45, 2.75) is 19.4 Å². The Morgan fingerprint density at radius 2 is 2.08 bits per heavy atom. The van der Waals surface area contributed by atoms with E-state index in [0.717, 1.165) is 5.69 Å². The third kappa shape index (κ3) is 1.49. The predicted molar refractivity (Wildman–Crippen MR) is 51.1 cm³/mol. The Morgan fingerprint density at radius 1 is 1.38 bits per heavy atom. The number of amides is 1. The molecule has 0 aliphatic carbocycles. The van der Waals surface area contributed by atoms with Crippen LogP contribution in [-0.2, 0) is 4.79 Å². The molecule has 1 aromatic carbocycles. The molecule has 0 radical (unpaired) electrons. The third-order valence-corrected chi connectivity index (χ3v) is 2.20. The van der Waals surface area contributed by atoms with Crippen molar-refractivity contribution in [3.63, 3.8) is 0 Å². The van der Waals surface area contributed by atoms with Gasteiger partial charge in [-0.15, -0.1) is 0 Å². The molecule has 1 amide bonds. The highest BCUT2D eigenvalue weighted by Crippen LogP contribution is 2.19. The maximum Gasteiger partial charge on any atom is 0.240 e. The van der Waals surface area contributed by atoms with Crippen molar-refractivity contribution >= 4 is 11.6 Å². The number of nitrogens with one attached hydrogen (secondary N) is 1. The van der Waals surface area contributed by atoms with Gasteiger partial charge in [0.15, 0.2) is 0 Å². The monoisotopic (exact) mass is 176 g/mol. The molecule has 1 aliphatic heterocycles. The second-order valence-corrected chi connectivity index (χ2v) is 3.29. The Labute approximate surface area is 77.3 Å². The first kappa shape index (κ1) is 8.10. The zero-order valence-corrected chi connectivity index (χ0v) is 7.53. The van der Waals surface area contributed by atoms with E-state index >= 15 is 0 Å². The number of benzene rings is 1. The molecule has 1 aromatic rings. The molecule has 0 bridgehead atoms. The molecule has 0 spiro atoms. The van der Waals surface area contributed by atoms with Gasteiger partial charge >= 0.3 is 0 Å². The summed E-state index contributed by atoms with van der Waals surface area (Å²) in [6.45, 7) is 2.03. The van der Waals surface area contributed by atoms with Crippen molar-refractivity contribution in [2.75, 3.05) is 5.01 Å². The fourth-order valence-corrected chi connectivity index (χ4v) is 1.56. The maximum absolute atomic E-state index is 11.1. The quantitative estimate of drug-likeness (QED) is 0.699. The Hall–Kier alpha value is -1.51. The van der Waals surface area contributed by atoms with Crippen molar-refractivity contribution in [2.24, 2.45) is 0 Å². The lowest BCUT2D eigenvalue weighted by molar-refractivity contribution is -0.119. The first-order valence-electron chi connectivity index (χ1n) is 4.41. The number of hydrogen-bond donors (Lipinski definition) is 1. The van der Waals surface area contributed by atoms with E-state index in [1.54, 1.807) is 0 Å². The fourth-order valence-electron chi connectivity index (χ4n) is 1.56. The number of carbonyl (C=O) groups is 1. The first-order valence-corrected chi connectivity index (χ1v) is 4.41. The number of hydrazine groups is 1. The molecular weight excluding hydrogens is 164 g/mol. The molecule has 1 heterocycles. The fraction of sp³-hybridized carbons (Fsp3) is 0.300. The molecule has 1 atom stereocenters. The van der Waals surface area contributed by atoms with E-state index in [0.29, 0.717) is 6.42 Å². The Morgan fingerprint density at radius 3 is 2.62 bits per heavy atom. The zero-order valence-electron chi connectivity index (χ0n) is 7.53. The van der Waals surface area contributed by atoms with Crippen LogP contribution in [0.3, 0.4) is 0 Å². The lowest BCUT2D eigenvalue weighted by atomic mass is 10.2. The van der Waals surface area contributed by atoms with Crippen LogP contribution in [-0.4, -0.2) is 11.9 Å². The van der Waals surface area contributed by atoms with Crippen LogP contribution in [0.1, 0.15) is 13.3 Å². The minimum Gasteiger partial charge on any atom is -0.282 e. The molecule has 1 fully saturated rings. The SMILES string of the molecule is C[C@@H]1CC(=O)NN1c1ccccc1. The van der Waals surface area contributed by atoms with Crippen LogP contribution in [0.15, 0.2) is 30.3 Å². The van der Waals surface area contributed by atoms with Crippen LogP contribution in [0.25, 0.3) is 0 Å². The number of hydrogen-bond acceptors (Lipinski definition) is 2. The molecule has 0 saturated carbocycles. The van der Waals surface area contributed by atoms with Gasteiger partial charge in [0.05, 0.1) is 18.2 Å². The van der Waals surface area contributed by atoms with Crippen LogP contribution in [0.2, 0.25) is 0 Å². The van der Waals surface area contributed by atoms with E-state index in [1.165, 1.54) is 0 Å². The zero-order chi connectivity index (χ0) is 9.26. The highest BCUT2D eigenvalue weighted by molar-refractivity contribution is 5.82. The van der Waals surface area contributed by atoms with E-state index < -0.39 is 0 Å². The van der Waals surface area contributed by atoms with Crippen LogP contribution in [0.5, 0.6) is 0 Å². The minimum atomic E-state index is 0.0938.